The van der Waals surface area contributed by atoms with Crippen LogP contribution >= 0.6 is 0 Å². The number of hydrogen-bond acceptors (Lipinski definition) is 4. The fourth-order valence-corrected chi connectivity index (χ4v) is 4.24. The lowest BCUT2D eigenvalue weighted by Crippen LogP contribution is -2.44. The summed E-state index contributed by atoms with van der Waals surface area (Å²) in [6.45, 7) is 11.6. The molecule has 1 rings (SSSR count). The smallest absolute Gasteiger partial charge is 0.192 e. The standard InChI is InChI=1S/C23H38O4Si/c1-23(2,3)28(4,5)27-22(16-18-25)14-10-9-13-21(15-17-24)26-19-20-11-7-6-8-12-20/h6-8,11-12,17-18,21-22H,9-10,13-16,19H2,1-5H3/t21-,22+/m1/s1. The number of hydrogen-bond donors (Lipinski definition) is 0. The summed E-state index contributed by atoms with van der Waals surface area (Å²) in [5.74, 6) is 0. The van der Waals surface area contributed by atoms with E-state index in [1.54, 1.807) is 0 Å². The SMILES string of the molecule is CC(C)(C)[Si](C)(C)O[C@H](CC=O)CCCC[C@H](CC=O)OCc1ccccc1. The molecule has 4 nitrogen and oxygen atoms in total. The number of rotatable bonds is 14. The molecule has 0 radical (unpaired) electrons. The highest BCUT2D eigenvalue weighted by molar-refractivity contribution is 6.74. The predicted molar refractivity (Wildman–Crippen MR) is 117 cm³/mol. The van der Waals surface area contributed by atoms with E-state index in [1.807, 2.05) is 30.3 Å². The number of benzene rings is 1. The second kappa shape index (κ2) is 12.3. The summed E-state index contributed by atoms with van der Waals surface area (Å²) in [5.41, 5.74) is 1.12. The molecule has 0 saturated heterocycles. The van der Waals surface area contributed by atoms with Crippen molar-refractivity contribution in [2.75, 3.05) is 0 Å². The Morgan fingerprint density at radius 1 is 0.929 bits per heavy atom. The Labute approximate surface area is 172 Å². The molecule has 0 amide bonds. The summed E-state index contributed by atoms with van der Waals surface area (Å²) in [4.78, 5) is 22.0. The largest absolute Gasteiger partial charge is 0.414 e. The Balaban J connectivity index is 2.44. The molecule has 0 heterocycles. The van der Waals surface area contributed by atoms with Crippen LogP contribution in [0.15, 0.2) is 30.3 Å². The molecule has 0 aliphatic carbocycles. The van der Waals surface area contributed by atoms with Gasteiger partial charge in [-0.1, -0.05) is 63.9 Å². The van der Waals surface area contributed by atoms with Gasteiger partial charge in [0.2, 0.25) is 0 Å². The van der Waals surface area contributed by atoms with Crippen LogP contribution in [0.5, 0.6) is 0 Å². The third kappa shape index (κ3) is 9.26. The fraction of sp³-hybridized carbons (Fsp3) is 0.652. The van der Waals surface area contributed by atoms with Crippen molar-refractivity contribution in [3.8, 4) is 0 Å². The molecule has 1 aromatic rings. The first-order chi connectivity index (χ1) is 13.2. The summed E-state index contributed by atoms with van der Waals surface area (Å²) in [6.07, 6.45) is 6.37. The van der Waals surface area contributed by atoms with Crippen molar-refractivity contribution in [1.29, 1.82) is 0 Å². The molecule has 0 aliphatic rings. The van der Waals surface area contributed by atoms with E-state index in [4.69, 9.17) is 9.16 Å². The van der Waals surface area contributed by atoms with Gasteiger partial charge in [-0.05, 0) is 36.5 Å². The number of carbonyl (C=O) groups is 2. The van der Waals surface area contributed by atoms with Crippen molar-refractivity contribution in [1.82, 2.24) is 0 Å². The molecular formula is C23H38O4Si. The molecule has 0 N–H and O–H groups in total. The molecule has 5 heteroatoms. The summed E-state index contributed by atoms with van der Waals surface area (Å²) < 4.78 is 12.4. The van der Waals surface area contributed by atoms with E-state index in [2.05, 4.69) is 33.9 Å². The van der Waals surface area contributed by atoms with Gasteiger partial charge in [-0.25, -0.2) is 0 Å². The highest BCUT2D eigenvalue weighted by atomic mass is 28.4. The van der Waals surface area contributed by atoms with E-state index < -0.39 is 8.32 Å². The first kappa shape index (κ1) is 24.7. The average Bonchev–Trinajstić information content (AvgIpc) is 2.63. The van der Waals surface area contributed by atoms with Gasteiger partial charge in [0.25, 0.3) is 0 Å². The maximum atomic E-state index is 11.1. The van der Waals surface area contributed by atoms with Gasteiger partial charge < -0.3 is 18.8 Å². The van der Waals surface area contributed by atoms with Crippen molar-refractivity contribution in [3.63, 3.8) is 0 Å². The highest BCUT2D eigenvalue weighted by Crippen LogP contribution is 2.38. The Bertz CT molecular complexity index is 566. The minimum Gasteiger partial charge on any atom is -0.414 e. The molecule has 0 unspecified atom stereocenters. The van der Waals surface area contributed by atoms with Crippen LogP contribution in [0.3, 0.4) is 0 Å². The number of unbranched alkanes of at least 4 members (excludes halogenated alkanes) is 1. The van der Waals surface area contributed by atoms with Crippen LogP contribution in [-0.2, 0) is 25.4 Å². The minimum atomic E-state index is -1.88. The van der Waals surface area contributed by atoms with Crippen molar-refractivity contribution < 1.29 is 18.8 Å². The van der Waals surface area contributed by atoms with Gasteiger partial charge >= 0.3 is 0 Å². The topological polar surface area (TPSA) is 52.6 Å². The molecule has 0 fully saturated rings. The summed E-state index contributed by atoms with van der Waals surface area (Å²) in [6, 6.07) is 10.0. The molecule has 0 saturated carbocycles. The van der Waals surface area contributed by atoms with E-state index in [1.165, 1.54) is 0 Å². The number of carbonyl (C=O) groups excluding carboxylic acids is 2. The zero-order valence-corrected chi connectivity index (χ0v) is 19.3. The second-order valence-electron chi connectivity index (χ2n) is 9.01. The van der Waals surface area contributed by atoms with Gasteiger partial charge in [-0.3, -0.25) is 0 Å². The first-order valence-electron chi connectivity index (χ1n) is 10.4. The summed E-state index contributed by atoms with van der Waals surface area (Å²) in [7, 11) is -1.88. The molecule has 2 atom stereocenters. The fourth-order valence-electron chi connectivity index (χ4n) is 2.83. The summed E-state index contributed by atoms with van der Waals surface area (Å²) in [5, 5.41) is 0.133. The highest BCUT2D eigenvalue weighted by Gasteiger charge is 2.38. The van der Waals surface area contributed by atoms with Crippen LogP contribution in [0, 0.1) is 0 Å². The minimum absolute atomic E-state index is 0.00634. The Morgan fingerprint density at radius 2 is 1.46 bits per heavy atom. The zero-order valence-electron chi connectivity index (χ0n) is 18.3. The molecule has 0 spiro atoms. The monoisotopic (exact) mass is 406 g/mol. The second-order valence-corrected chi connectivity index (χ2v) is 13.8. The number of aldehydes is 2. The Morgan fingerprint density at radius 3 is 2.00 bits per heavy atom. The molecule has 1 aromatic carbocycles. The molecule has 158 valence electrons. The van der Waals surface area contributed by atoms with Gasteiger partial charge in [0.15, 0.2) is 8.32 Å². The van der Waals surface area contributed by atoms with Gasteiger partial charge in [0.05, 0.1) is 18.8 Å². The van der Waals surface area contributed by atoms with Crippen LogP contribution in [0.1, 0.15) is 64.9 Å². The van der Waals surface area contributed by atoms with Crippen LogP contribution in [0.2, 0.25) is 18.1 Å². The van der Waals surface area contributed by atoms with Gasteiger partial charge in [-0.2, -0.15) is 0 Å². The van der Waals surface area contributed by atoms with Gasteiger partial charge in [0.1, 0.15) is 12.6 Å². The average molecular weight is 407 g/mol. The van der Waals surface area contributed by atoms with Crippen LogP contribution in [0.4, 0.5) is 0 Å². The van der Waals surface area contributed by atoms with Crippen molar-refractivity contribution >= 4 is 20.9 Å². The third-order valence-electron chi connectivity index (χ3n) is 5.62. The van der Waals surface area contributed by atoms with E-state index in [0.29, 0.717) is 19.4 Å². The molecular weight excluding hydrogens is 368 g/mol. The van der Waals surface area contributed by atoms with Gasteiger partial charge in [0, 0.05) is 12.8 Å². The number of ether oxygens (including phenoxy) is 1. The Kier molecular flexibility index (Phi) is 10.9. The lowest BCUT2D eigenvalue weighted by molar-refractivity contribution is -0.111. The van der Waals surface area contributed by atoms with E-state index in [-0.39, 0.29) is 17.2 Å². The Hall–Kier alpha value is -1.30. The summed E-state index contributed by atoms with van der Waals surface area (Å²) >= 11 is 0. The maximum Gasteiger partial charge on any atom is 0.192 e. The van der Waals surface area contributed by atoms with Crippen LogP contribution in [-0.4, -0.2) is 33.1 Å². The predicted octanol–water partition coefficient (Wildman–Crippen LogP) is 5.70. The van der Waals surface area contributed by atoms with Crippen LogP contribution < -0.4 is 0 Å². The van der Waals surface area contributed by atoms with E-state index in [0.717, 1.165) is 43.8 Å². The molecule has 28 heavy (non-hydrogen) atoms. The van der Waals surface area contributed by atoms with Gasteiger partial charge in [-0.15, -0.1) is 0 Å². The van der Waals surface area contributed by atoms with E-state index in [9.17, 15) is 9.59 Å². The normalized spacial score (nSPS) is 14.5. The molecule has 0 bridgehead atoms. The molecule has 0 aliphatic heterocycles. The maximum absolute atomic E-state index is 11.1. The quantitative estimate of drug-likeness (QED) is 0.226. The zero-order chi connectivity index (χ0) is 21.0. The van der Waals surface area contributed by atoms with Crippen LogP contribution in [0.25, 0.3) is 0 Å². The van der Waals surface area contributed by atoms with Crippen molar-refractivity contribution in [2.45, 2.75) is 96.2 Å². The lowest BCUT2D eigenvalue weighted by Gasteiger charge is -2.39. The van der Waals surface area contributed by atoms with E-state index >= 15 is 0 Å². The third-order valence-corrected chi connectivity index (χ3v) is 10.2. The lowest BCUT2D eigenvalue weighted by atomic mass is 10.0. The molecule has 0 aromatic heterocycles. The van der Waals surface area contributed by atoms with Crippen molar-refractivity contribution in [2.24, 2.45) is 0 Å². The first-order valence-corrected chi connectivity index (χ1v) is 13.3. The van der Waals surface area contributed by atoms with Crippen molar-refractivity contribution in [3.05, 3.63) is 35.9 Å².